The molecular weight excluding hydrogens is 198 g/mol. The first-order chi connectivity index (χ1) is 7.93. The Kier molecular flexibility index (Phi) is 1.47. The number of nitrogens with zero attached hydrogens (tertiary/aromatic N) is 1. The van der Waals surface area contributed by atoms with Crippen molar-refractivity contribution >= 4 is 21.8 Å². The molecule has 2 N–H and O–H groups in total. The van der Waals surface area contributed by atoms with Crippen LogP contribution in [-0.2, 0) is 13.1 Å². The molecule has 1 aliphatic rings. The van der Waals surface area contributed by atoms with Crippen molar-refractivity contribution in [2.45, 2.75) is 13.1 Å². The molecule has 0 atom stereocenters. The Bertz CT molecular complexity index is 697. The Balaban J connectivity index is 2.24. The number of imidazole rings is 1. The second kappa shape index (κ2) is 2.83. The lowest BCUT2D eigenvalue weighted by Crippen LogP contribution is -2.00. The summed E-state index contributed by atoms with van der Waals surface area (Å²) in [6.07, 6.45) is 1.76. The quantitative estimate of drug-likeness (QED) is 0.596. The second-order valence-corrected chi connectivity index (χ2v) is 4.27. The highest BCUT2D eigenvalue weighted by atomic mass is 14.9. The molecule has 3 aromatic rings. The zero-order valence-corrected chi connectivity index (χ0v) is 8.75. The van der Waals surface area contributed by atoms with Gasteiger partial charge in [-0.2, -0.15) is 0 Å². The number of aromatic nitrogens is 2. The summed E-state index contributed by atoms with van der Waals surface area (Å²) in [7, 11) is 0. The molecule has 0 spiro atoms. The van der Waals surface area contributed by atoms with Gasteiger partial charge in [0.2, 0.25) is 0 Å². The summed E-state index contributed by atoms with van der Waals surface area (Å²) < 4.78 is 0. The Hall–Kier alpha value is -1.87. The molecule has 3 heteroatoms. The largest absolute Gasteiger partial charge is 0.345 e. The van der Waals surface area contributed by atoms with Crippen molar-refractivity contribution in [3.8, 4) is 0 Å². The van der Waals surface area contributed by atoms with E-state index in [1.807, 2.05) is 0 Å². The second-order valence-electron chi connectivity index (χ2n) is 4.27. The number of hydrogen-bond donors (Lipinski definition) is 2. The molecule has 0 unspecified atom stereocenters. The number of H-pyrrole nitrogens is 1. The fourth-order valence-corrected chi connectivity index (χ4v) is 2.62. The van der Waals surface area contributed by atoms with Crippen molar-refractivity contribution in [2.75, 3.05) is 0 Å². The van der Waals surface area contributed by atoms with Crippen LogP contribution in [0, 0.1) is 0 Å². The third-order valence-electron chi connectivity index (χ3n) is 3.41. The van der Waals surface area contributed by atoms with Gasteiger partial charge in [-0.15, -0.1) is 0 Å². The molecule has 16 heavy (non-hydrogen) atoms. The van der Waals surface area contributed by atoms with Gasteiger partial charge in [0, 0.05) is 18.5 Å². The average molecular weight is 209 g/mol. The predicted molar refractivity (Wildman–Crippen MR) is 64.1 cm³/mol. The van der Waals surface area contributed by atoms with E-state index in [-0.39, 0.29) is 0 Å². The molecule has 2 aromatic carbocycles. The lowest BCUT2D eigenvalue weighted by Gasteiger charge is -2.04. The summed E-state index contributed by atoms with van der Waals surface area (Å²) in [5.41, 5.74) is 5.04. The molecule has 0 bridgehead atoms. The molecule has 0 radical (unpaired) electrons. The van der Waals surface area contributed by atoms with E-state index in [0.29, 0.717) is 0 Å². The van der Waals surface area contributed by atoms with Crippen LogP contribution in [-0.4, -0.2) is 9.97 Å². The standard InChI is InChI=1S/C13H11N3/c1-2-10-9(11-6-14-5-8(1)11)3-4-12-13(10)16-7-15-12/h1-4,7,14H,5-6H2,(H,15,16). The number of aromatic amines is 1. The average Bonchev–Trinajstić information content (AvgIpc) is 2.96. The first-order valence-electron chi connectivity index (χ1n) is 5.51. The van der Waals surface area contributed by atoms with Crippen molar-refractivity contribution in [2.24, 2.45) is 0 Å². The number of nitrogens with one attached hydrogen (secondary N) is 2. The Morgan fingerprint density at radius 3 is 2.94 bits per heavy atom. The molecule has 3 nitrogen and oxygen atoms in total. The predicted octanol–water partition coefficient (Wildman–Crippen LogP) is 2.32. The molecule has 78 valence electrons. The van der Waals surface area contributed by atoms with Crippen LogP contribution in [0.5, 0.6) is 0 Å². The maximum Gasteiger partial charge on any atom is 0.0960 e. The molecule has 4 rings (SSSR count). The van der Waals surface area contributed by atoms with E-state index in [0.717, 1.165) is 24.1 Å². The van der Waals surface area contributed by atoms with Gasteiger partial charge in [0.1, 0.15) is 0 Å². The first-order valence-corrected chi connectivity index (χ1v) is 5.51. The Morgan fingerprint density at radius 1 is 1.00 bits per heavy atom. The monoisotopic (exact) mass is 209 g/mol. The summed E-state index contributed by atoms with van der Waals surface area (Å²) in [5, 5.41) is 5.98. The van der Waals surface area contributed by atoms with E-state index in [4.69, 9.17) is 0 Å². The third kappa shape index (κ3) is 0.933. The van der Waals surface area contributed by atoms with Crippen LogP contribution < -0.4 is 5.32 Å². The SMILES string of the molecule is c1nc2c(ccc3c4c(ccc32)CNC4)[nH]1. The maximum absolute atomic E-state index is 4.40. The molecule has 0 aliphatic carbocycles. The zero-order chi connectivity index (χ0) is 10.5. The summed E-state index contributed by atoms with van der Waals surface area (Å²) in [5.74, 6) is 0. The molecule has 1 aliphatic heterocycles. The number of hydrogen-bond acceptors (Lipinski definition) is 2. The fraction of sp³-hybridized carbons (Fsp3) is 0.154. The van der Waals surface area contributed by atoms with E-state index in [1.165, 1.54) is 21.9 Å². The van der Waals surface area contributed by atoms with E-state index < -0.39 is 0 Å². The molecular formula is C13H11N3. The molecule has 0 saturated carbocycles. The highest BCUT2D eigenvalue weighted by Crippen LogP contribution is 2.29. The van der Waals surface area contributed by atoms with Crippen molar-refractivity contribution in [3.05, 3.63) is 41.7 Å². The van der Waals surface area contributed by atoms with E-state index in [9.17, 15) is 0 Å². The minimum atomic E-state index is 0.975. The van der Waals surface area contributed by atoms with Gasteiger partial charge in [0.05, 0.1) is 17.4 Å². The van der Waals surface area contributed by atoms with Crippen LogP contribution in [0.15, 0.2) is 30.6 Å². The smallest absolute Gasteiger partial charge is 0.0960 e. The van der Waals surface area contributed by atoms with Crippen LogP contribution in [0.1, 0.15) is 11.1 Å². The topological polar surface area (TPSA) is 40.7 Å². The summed E-state index contributed by atoms with van der Waals surface area (Å²) in [6, 6.07) is 8.71. The summed E-state index contributed by atoms with van der Waals surface area (Å²) in [4.78, 5) is 7.55. The van der Waals surface area contributed by atoms with Crippen LogP contribution in [0.3, 0.4) is 0 Å². The Morgan fingerprint density at radius 2 is 1.94 bits per heavy atom. The van der Waals surface area contributed by atoms with Crippen LogP contribution >= 0.6 is 0 Å². The Labute approximate surface area is 92.5 Å². The van der Waals surface area contributed by atoms with Crippen molar-refractivity contribution in [3.63, 3.8) is 0 Å². The van der Waals surface area contributed by atoms with Gasteiger partial charge >= 0.3 is 0 Å². The lowest BCUT2D eigenvalue weighted by molar-refractivity contribution is 0.766. The molecule has 1 aromatic heterocycles. The van der Waals surface area contributed by atoms with E-state index in [2.05, 4.69) is 39.6 Å². The minimum absolute atomic E-state index is 0.975. The number of rotatable bonds is 0. The van der Waals surface area contributed by atoms with Gasteiger partial charge in [-0.25, -0.2) is 4.98 Å². The third-order valence-corrected chi connectivity index (χ3v) is 3.41. The van der Waals surface area contributed by atoms with Gasteiger partial charge in [-0.3, -0.25) is 0 Å². The highest BCUT2D eigenvalue weighted by Gasteiger charge is 2.14. The van der Waals surface area contributed by atoms with Gasteiger partial charge in [-0.05, 0) is 22.6 Å². The van der Waals surface area contributed by atoms with Crippen molar-refractivity contribution in [1.29, 1.82) is 0 Å². The van der Waals surface area contributed by atoms with Gasteiger partial charge in [0.25, 0.3) is 0 Å². The van der Waals surface area contributed by atoms with Crippen LogP contribution in [0.25, 0.3) is 21.8 Å². The normalized spacial score (nSPS) is 14.8. The summed E-state index contributed by atoms with van der Waals surface area (Å²) in [6.45, 7) is 1.96. The van der Waals surface area contributed by atoms with Crippen molar-refractivity contribution < 1.29 is 0 Å². The highest BCUT2D eigenvalue weighted by molar-refractivity contribution is 6.05. The van der Waals surface area contributed by atoms with Crippen LogP contribution in [0.2, 0.25) is 0 Å². The van der Waals surface area contributed by atoms with Gasteiger partial charge in [0.15, 0.2) is 0 Å². The minimum Gasteiger partial charge on any atom is -0.345 e. The molecule has 0 amide bonds. The van der Waals surface area contributed by atoms with Crippen molar-refractivity contribution in [1.82, 2.24) is 15.3 Å². The summed E-state index contributed by atoms with van der Waals surface area (Å²) >= 11 is 0. The lowest BCUT2D eigenvalue weighted by atomic mass is 10.00. The molecule has 0 saturated heterocycles. The van der Waals surface area contributed by atoms with Gasteiger partial charge < -0.3 is 10.3 Å². The van der Waals surface area contributed by atoms with Gasteiger partial charge in [-0.1, -0.05) is 18.2 Å². The fourth-order valence-electron chi connectivity index (χ4n) is 2.62. The number of fused-ring (bicyclic) bond motifs is 5. The number of benzene rings is 2. The van der Waals surface area contributed by atoms with Crippen LogP contribution in [0.4, 0.5) is 0 Å². The molecule has 0 fully saturated rings. The first kappa shape index (κ1) is 8.30. The van der Waals surface area contributed by atoms with E-state index >= 15 is 0 Å². The molecule has 2 heterocycles. The zero-order valence-electron chi connectivity index (χ0n) is 8.75. The van der Waals surface area contributed by atoms with E-state index in [1.54, 1.807) is 6.33 Å². The maximum atomic E-state index is 4.40.